The van der Waals surface area contributed by atoms with E-state index in [1.165, 1.54) is 11.1 Å². The monoisotopic (exact) mass is 405 g/mol. The fourth-order valence-electron chi connectivity index (χ4n) is 3.92. The lowest BCUT2D eigenvalue weighted by atomic mass is 10.1. The Morgan fingerprint density at radius 3 is 2.77 bits per heavy atom. The third-order valence-electron chi connectivity index (χ3n) is 5.74. The number of ether oxygens (including phenoxy) is 1. The number of rotatable bonds is 9. The highest BCUT2D eigenvalue weighted by Crippen LogP contribution is 2.30. The van der Waals surface area contributed by atoms with E-state index in [0.717, 1.165) is 54.8 Å². The lowest BCUT2D eigenvalue weighted by Crippen LogP contribution is -2.29. The lowest BCUT2D eigenvalue weighted by molar-refractivity contribution is -0.123. The summed E-state index contributed by atoms with van der Waals surface area (Å²) >= 11 is 0. The van der Waals surface area contributed by atoms with Gasteiger partial charge in [-0.1, -0.05) is 29.8 Å². The molecule has 0 saturated heterocycles. The number of unbranched alkanes of at least 4 members (excludes halogenated alkanes) is 1. The molecule has 3 aromatic rings. The summed E-state index contributed by atoms with van der Waals surface area (Å²) in [4.78, 5) is 17.1. The van der Waals surface area contributed by atoms with Crippen molar-refractivity contribution in [2.24, 2.45) is 5.92 Å². The van der Waals surface area contributed by atoms with Gasteiger partial charge in [-0.05, 0) is 70.2 Å². The molecule has 1 atom stereocenters. The number of carbonyl (C=O) groups is 1. The SMILES string of the molecule is Cc1ccc(OCCCCn2c(C(C)NC(=O)C3CC3)nc3ccccc32)c(C)c1. The third-order valence-corrected chi connectivity index (χ3v) is 5.74. The van der Waals surface area contributed by atoms with Crippen LogP contribution in [0.4, 0.5) is 0 Å². The van der Waals surface area contributed by atoms with E-state index in [0.29, 0.717) is 6.61 Å². The molecule has 1 heterocycles. The second-order valence-corrected chi connectivity index (χ2v) is 8.44. The molecule has 1 saturated carbocycles. The van der Waals surface area contributed by atoms with Gasteiger partial charge in [0.1, 0.15) is 11.6 Å². The molecular formula is C25H31N3O2. The highest BCUT2D eigenvalue weighted by Gasteiger charge is 2.31. The van der Waals surface area contributed by atoms with Crippen LogP contribution in [0.25, 0.3) is 11.0 Å². The van der Waals surface area contributed by atoms with Gasteiger partial charge in [0.2, 0.25) is 5.91 Å². The fraction of sp³-hybridized carbons (Fsp3) is 0.440. The molecule has 5 nitrogen and oxygen atoms in total. The number of nitrogens with zero attached hydrogens (tertiary/aromatic N) is 2. The standard InChI is InChI=1S/C25H31N3O2/c1-17-10-13-23(18(2)16-17)30-15-7-6-14-28-22-9-5-4-8-21(22)27-24(28)19(3)26-25(29)20-11-12-20/h4-5,8-10,13,16,19-20H,6-7,11-12,14-15H2,1-3H3,(H,26,29). The summed E-state index contributed by atoms with van der Waals surface area (Å²) in [7, 11) is 0. The van der Waals surface area contributed by atoms with Crippen LogP contribution in [0.15, 0.2) is 42.5 Å². The van der Waals surface area contributed by atoms with Crippen molar-refractivity contribution in [3.63, 3.8) is 0 Å². The Morgan fingerprint density at radius 2 is 2.00 bits per heavy atom. The molecule has 1 fully saturated rings. The van der Waals surface area contributed by atoms with Crippen LogP contribution in [0.1, 0.15) is 55.6 Å². The summed E-state index contributed by atoms with van der Waals surface area (Å²) in [6, 6.07) is 14.4. The molecule has 0 spiro atoms. The maximum atomic E-state index is 12.2. The summed E-state index contributed by atoms with van der Waals surface area (Å²) in [5.41, 5.74) is 4.53. The summed E-state index contributed by atoms with van der Waals surface area (Å²) < 4.78 is 8.23. The van der Waals surface area contributed by atoms with Gasteiger partial charge in [-0.3, -0.25) is 4.79 Å². The van der Waals surface area contributed by atoms with E-state index in [1.54, 1.807) is 0 Å². The summed E-state index contributed by atoms with van der Waals surface area (Å²) in [5.74, 6) is 2.25. The zero-order valence-corrected chi connectivity index (χ0v) is 18.1. The molecule has 1 N–H and O–H groups in total. The molecule has 1 aromatic heterocycles. The molecule has 1 aliphatic rings. The largest absolute Gasteiger partial charge is 0.493 e. The second kappa shape index (κ2) is 8.90. The molecule has 1 amide bonds. The van der Waals surface area contributed by atoms with Gasteiger partial charge in [0.15, 0.2) is 0 Å². The van der Waals surface area contributed by atoms with Crippen molar-refractivity contribution in [2.45, 2.75) is 59.0 Å². The zero-order valence-electron chi connectivity index (χ0n) is 18.1. The van der Waals surface area contributed by atoms with Gasteiger partial charge in [-0.2, -0.15) is 0 Å². The fourth-order valence-corrected chi connectivity index (χ4v) is 3.92. The Balaban J connectivity index is 1.39. The van der Waals surface area contributed by atoms with Gasteiger partial charge in [0.25, 0.3) is 0 Å². The first kappa shape index (κ1) is 20.5. The number of amides is 1. The molecule has 158 valence electrons. The Hall–Kier alpha value is -2.82. The zero-order chi connectivity index (χ0) is 21.1. The molecule has 2 aromatic carbocycles. The van der Waals surface area contributed by atoms with Crippen molar-refractivity contribution < 1.29 is 9.53 Å². The first-order chi connectivity index (χ1) is 14.5. The highest BCUT2D eigenvalue weighted by atomic mass is 16.5. The molecule has 0 radical (unpaired) electrons. The van der Waals surface area contributed by atoms with Crippen LogP contribution in [0.2, 0.25) is 0 Å². The molecule has 4 rings (SSSR count). The molecule has 0 aliphatic heterocycles. The van der Waals surface area contributed by atoms with E-state index < -0.39 is 0 Å². The summed E-state index contributed by atoms with van der Waals surface area (Å²) in [5, 5.41) is 3.15. The minimum atomic E-state index is -0.100. The van der Waals surface area contributed by atoms with Gasteiger partial charge in [-0.15, -0.1) is 0 Å². The van der Waals surface area contributed by atoms with Crippen LogP contribution in [0.5, 0.6) is 5.75 Å². The van der Waals surface area contributed by atoms with E-state index in [2.05, 4.69) is 48.0 Å². The molecule has 0 bridgehead atoms. The van der Waals surface area contributed by atoms with Gasteiger partial charge in [-0.25, -0.2) is 4.98 Å². The van der Waals surface area contributed by atoms with Crippen molar-refractivity contribution in [3.8, 4) is 5.75 Å². The number of aromatic nitrogens is 2. The third kappa shape index (κ3) is 4.66. The second-order valence-electron chi connectivity index (χ2n) is 8.44. The van der Waals surface area contributed by atoms with Crippen LogP contribution in [0.3, 0.4) is 0 Å². The molecule has 30 heavy (non-hydrogen) atoms. The molecule has 1 aliphatic carbocycles. The summed E-state index contributed by atoms with van der Waals surface area (Å²) in [6.45, 7) is 7.76. The van der Waals surface area contributed by atoms with Crippen LogP contribution in [-0.4, -0.2) is 22.1 Å². The smallest absolute Gasteiger partial charge is 0.223 e. The number of hydrogen-bond acceptors (Lipinski definition) is 3. The van der Waals surface area contributed by atoms with E-state index in [1.807, 2.05) is 25.1 Å². The average Bonchev–Trinajstić information content (AvgIpc) is 3.51. The number of imidazole rings is 1. The van der Waals surface area contributed by atoms with Crippen LogP contribution >= 0.6 is 0 Å². The lowest BCUT2D eigenvalue weighted by Gasteiger charge is -2.16. The highest BCUT2D eigenvalue weighted by molar-refractivity contribution is 5.81. The Bertz CT molecular complexity index is 1040. The van der Waals surface area contributed by atoms with Crippen molar-refractivity contribution >= 4 is 16.9 Å². The Morgan fingerprint density at radius 1 is 1.20 bits per heavy atom. The normalized spacial score (nSPS) is 14.6. The Labute approximate surface area is 178 Å². The van der Waals surface area contributed by atoms with Crippen molar-refractivity contribution in [2.75, 3.05) is 6.61 Å². The number of hydrogen-bond donors (Lipinski definition) is 1. The van der Waals surface area contributed by atoms with Crippen molar-refractivity contribution in [3.05, 3.63) is 59.4 Å². The molecular weight excluding hydrogens is 374 g/mol. The number of para-hydroxylation sites is 2. The topological polar surface area (TPSA) is 56.1 Å². The maximum Gasteiger partial charge on any atom is 0.223 e. The van der Waals surface area contributed by atoms with Gasteiger partial charge < -0.3 is 14.6 Å². The van der Waals surface area contributed by atoms with E-state index in [9.17, 15) is 4.79 Å². The van der Waals surface area contributed by atoms with Crippen LogP contribution in [-0.2, 0) is 11.3 Å². The first-order valence-electron chi connectivity index (χ1n) is 11.0. The average molecular weight is 406 g/mol. The number of fused-ring (bicyclic) bond motifs is 1. The number of benzene rings is 2. The van der Waals surface area contributed by atoms with E-state index in [4.69, 9.17) is 9.72 Å². The van der Waals surface area contributed by atoms with E-state index in [-0.39, 0.29) is 17.9 Å². The van der Waals surface area contributed by atoms with Crippen molar-refractivity contribution in [1.29, 1.82) is 0 Å². The van der Waals surface area contributed by atoms with Gasteiger partial charge in [0, 0.05) is 12.5 Å². The van der Waals surface area contributed by atoms with Crippen LogP contribution < -0.4 is 10.1 Å². The summed E-state index contributed by atoms with van der Waals surface area (Å²) in [6.07, 6.45) is 3.97. The molecule has 5 heteroatoms. The predicted molar refractivity (Wildman–Crippen MR) is 120 cm³/mol. The van der Waals surface area contributed by atoms with Crippen molar-refractivity contribution in [1.82, 2.24) is 14.9 Å². The molecule has 1 unspecified atom stereocenters. The number of carbonyl (C=O) groups excluding carboxylic acids is 1. The van der Waals surface area contributed by atoms with Gasteiger partial charge in [0.05, 0.1) is 23.7 Å². The number of aryl methyl sites for hydroxylation is 3. The minimum Gasteiger partial charge on any atom is -0.493 e. The first-order valence-corrected chi connectivity index (χ1v) is 11.0. The van der Waals surface area contributed by atoms with E-state index >= 15 is 0 Å². The minimum absolute atomic E-state index is 0.100. The Kier molecular flexibility index (Phi) is 6.07. The van der Waals surface area contributed by atoms with Crippen LogP contribution in [0, 0.1) is 19.8 Å². The quantitative estimate of drug-likeness (QED) is 0.504. The number of nitrogens with one attached hydrogen (secondary N) is 1. The predicted octanol–water partition coefficient (Wildman–Crippen LogP) is 5.10. The maximum absolute atomic E-state index is 12.2. The van der Waals surface area contributed by atoms with Gasteiger partial charge >= 0.3 is 0 Å².